The summed E-state index contributed by atoms with van der Waals surface area (Å²) in [5, 5.41) is 10.8. The molecule has 0 aliphatic carbocycles. The van der Waals surface area contributed by atoms with Crippen LogP contribution in [0.3, 0.4) is 0 Å². The van der Waals surface area contributed by atoms with Crippen LogP contribution in [0.4, 0.5) is 0 Å². The van der Waals surface area contributed by atoms with Crippen LogP contribution in [0.15, 0.2) is 42.3 Å². The second-order valence-corrected chi connectivity index (χ2v) is 9.08. The molecule has 7 nitrogen and oxygen atoms in total. The molecule has 0 radical (unpaired) electrons. The molecule has 5 rings (SSSR count). The fourth-order valence-corrected chi connectivity index (χ4v) is 4.84. The fraction of sp³-hybridized carbons (Fsp3) is 0.370. The first kappa shape index (κ1) is 22.5. The zero-order chi connectivity index (χ0) is 23.8. The Morgan fingerprint density at radius 1 is 1.12 bits per heavy atom. The molecule has 34 heavy (non-hydrogen) atoms. The number of aromatic nitrogens is 1. The van der Waals surface area contributed by atoms with Gasteiger partial charge in [0.1, 0.15) is 17.2 Å². The molecule has 2 aliphatic rings. The first-order valence-electron chi connectivity index (χ1n) is 11.8. The predicted molar refractivity (Wildman–Crippen MR) is 133 cm³/mol. The maximum atomic E-state index is 12.9. The van der Waals surface area contributed by atoms with Crippen LogP contribution in [0.25, 0.3) is 17.0 Å². The van der Waals surface area contributed by atoms with E-state index < -0.39 is 0 Å². The van der Waals surface area contributed by atoms with Crippen molar-refractivity contribution >= 4 is 22.8 Å². The molecule has 2 aliphatic heterocycles. The molecule has 3 aromatic rings. The molecule has 7 heteroatoms. The van der Waals surface area contributed by atoms with Crippen molar-refractivity contribution < 1.29 is 19.4 Å². The number of ketones is 1. The van der Waals surface area contributed by atoms with E-state index in [0.717, 1.165) is 62.4 Å². The normalized spacial score (nSPS) is 18.0. The van der Waals surface area contributed by atoms with Crippen molar-refractivity contribution in [1.82, 2.24) is 14.4 Å². The monoisotopic (exact) mass is 461 g/mol. The van der Waals surface area contributed by atoms with Crippen LogP contribution in [0.5, 0.6) is 17.2 Å². The standard InChI is InChI=1S/C27H31N3O4/c1-4-18-13-21(33-3)16-23-19(14-25-27(32)22-6-5-20(31)15-24(22)34-25)17-30(26(18)23)12-11-29-9-7-28(2)8-10-29/h5-6,13-17,31H,4,7-12H2,1-3H3/b25-14-. The lowest BCUT2D eigenvalue weighted by Crippen LogP contribution is -2.45. The number of piperazine rings is 1. The van der Waals surface area contributed by atoms with E-state index >= 15 is 0 Å². The maximum absolute atomic E-state index is 12.9. The smallest absolute Gasteiger partial charge is 0.231 e. The number of likely N-dealkylation sites (N-methyl/N-ethyl adjacent to an activating group) is 1. The number of carbonyl (C=O) groups is 1. The molecule has 0 amide bonds. The second-order valence-electron chi connectivity index (χ2n) is 9.08. The number of ether oxygens (including phenoxy) is 2. The van der Waals surface area contributed by atoms with E-state index in [0.29, 0.717) is 11.3 Å². The number of hydrogen-bond donors (Lipinski definition) is 1. The Balaban J connectivity index is 1.52. The lowest BCUT2D eigenvalue weighted by molar-refractivity contribution is 0.101. The van der Waals surface area contributed by atoms with Crippen molar-refractivity contribution in [3.8, 4) is 17.2 Å². The Bertz CT molecular complexity index is 1270. The highest BCUT2D eigenvalue weighted by Gasteiger charge is 2.28. The summed E-state index contributed by atoms with van der Waals surface area (Å²) in [5.74, 6) is 1.35. The van der Waals surface area contributed by atoms with Crippen LogP contribution in [0.1, 0.15) is 28.4 Å². The maximum Gasteiger partial charge on any atom is 0.231 e. The predicted octanol–water partition coefficient (Wildman–Crippen LogP) is 3.78. The first-order valence-corrected chi connectivity index (χ1v) is 11.8. The Morgan fingerprint density at radius 2 is 1.91 bits per heavy atom. The number of hydrogen-bond acceptors (Lipinski definition) is 6. The minimum absolute atomic E-state index is 0.0747. The molecule has 2 aromatic carbocycles. The molecule has 1 saturated heterocycles. The summed E-state index contributed by atoms with van der Waals surface area (Å²) < 4.78 is 13.7. The van der Waals surface area contributed by atoms with Gasteiger partial charge in [-0.25, -0.2) is 0 Å². The third-order valence-corrected chi connectivity index (χ3v) is 6.87. The van der Waals surface area contributed by atoms with E-state index in [-0.39, 0.29) is 17.3 Å². The van der Waals surface area contributed by atoms with E-state index in [2.05, 4.69) is 40.6 Å². The van der Waals surface area contributed by atoms with Crippen molar-refractivity contribution in [2.24, 2.45) is 0 Å². The molecule has 1 fully saturated rings. The molecular formula is C27H31N3O4. The van der Waals surface area contributed by atoms with Gasteiger partial charge < -0.3 is 24.0 Å². The number of Topliss-reactive ketones (excluding diaryl/α,β-unsaturated/α-hetero) is 1. The zero-order valence-electron chi connectivity index (χ0n) is 20.0. The van der Waals surface area contributed by atoms with E-state index in [4.69, 9.17) is 9.47 Å². The van der Waals surface area contributed by atoms with Crippen molar-refractivity contribution in [3.63, 3.8) is 0 Å². The summed E-state index contributed by atoms with van der Waals surface area (Å²) in [5.41, 5.74) is 3.77. The van der Waals surface area contributed by atoms with Crippen LogP contribution in [0, 0.1) is 0 Å². The molecule has 3 heterocycles. The summed E-state index contributed by atoms with van der Waals surface area (Å²) in [6, 6.07) is 8.72. The highest BCUT2D eigenvalue weighted by molar-refractivity contribution is 6.15. The highest BCUT2D eigenvalue weighted by atomic mass is 16.5. The van der Waals surface area contributed by atoms with Crippen molar-refractivity contribution in [2.75, 3.05) is 46.9 Å². The number of carbonyl (C=O) groups excluding carboxylic acids is 1. The van der Waals surface area contributed by atoms with Crippen LogP contribution in [0.2, 0.25) is 0 Å². The number of nitrogens with zero attached hydrogens (tertiary/aromatic N) is 3. The van der Waals surface area contributed by atoms with Gasteiger partial charge in [-0.1, -0.05) is 6.92 Å². The number of methoxy groups -OCH3 is 1. The molecule has 1 aromatic heterocycles. The van der Waals surface area contributed by atoms with Crippen LogP contribution in [-0.4, -0.2) is 72.1 Å². The van der Waals surface area contributed by atoms with Crippen molar-refractivity contribution in [2.45, 2.75) is 19.9 Å². The Hall–Kier alpha value is -3.29. The second kappa shape index (κ2) is 9.16. The quantitative estimate of drug-likeness (QED) is 0.564. The molecule has 0 spiro atoms. The number of rotatable bonds is 6. The fourth-order valence-electron chi connectivity index (χ4n) is 4.84. The molecule has 0 saturated carbocycles. The average molecular weight is 462 g/mol. The number of aromatic hydroxyl groups is 1. The highest BCUT2D eigenvalue weighted by Crippen LogP contribution is 2.36. The lowest BCUT2D eigenvalue weighted by atomic mass is 10.0. The molecule has 178 valence electrons. The molecule has 1 N–H and O–H groups in total. The molecular weight excluding hydrogens is 430 g/mol. The SMILES string of the molecule is CCc1cc(OC)cc2c(/C=C3\Oc4cc(O)ccc4C3=O)cn(CCN3CCN(C)CC3)c12. The van der Waals surface area contributed by atoms with E-state index in [1.165, 1.54) is 23.2 Å². The van der Waals surface area contributed by atoms with Gasteiger partial charge in [-0.2, -0.15) is 0 Å². The van der Waals surface area contributed by atoms with Crippen molar-refractivity contribution in [3.05, 3.63) is 59.0 Å². The minimum atomic E-state index is -0.174. The third kappa shape index (κ3) is 4.17. The van der Waals surface area contributed by atoms with Gasteiger partial charge in [-0.15, -0.1) is 0 Å². The third-order valence-electron chi connectivity index (χ3n) is 6.87. The number of fused-ring (bicyclic) bond motifs is 2. The summed E-state index contributed by atoms with van der Waals surface area (Å²) in [4.78, 5) is 17.8. The lowest BCUT2D eigenvalue weighted by Gasteiger charge is -2.32. The molecule has 0 atom stereocenters. The van der Waals surface area contributed by atoms with Gasteiger partial charge in [-0.3, -0.25) is 9.69 Å². The number of aryl methyl sites for hydroxylation is 1. The summed E-state index contributed by atoms with van der Waals surface area (Å²) in [7, 11) is 3.85. The van der Waals surface area contributed by atoms with Gasteiger partial charge in [0, 0.05) is 62.5 Å². The average Bonchev–Trinajstić information content (AvgIpc) is 3.34. The largest absolute Gasteiger partial charge is 0.508 e. The van der Waals surface area contributed by atoms with Gasteiger partial charge in [0.05, 0.1) is 18.2 Å². The Labute approximate surface area is 199 Å². The van der Waals surface area contributed by atoms with Crippen LogP contribution in [-0.2, 0) is 13.0 Å². The topological polar surface area (TPSA) is 67.2 Å². The number of allylic oxidation sites excluding steroid dienone is 1. The number of phenols is 1. The molecule has 0 unspecified atom stereocenters. The first-order chi connectivity index (χ1) is 16.5. The van der Waals surface area contributed by atoms with E-state index in [1.807, 2.05) is 12.1 Å². The van der Waals surface area contributed by atoms with E-state index in [1.54, 1.807) is 13.2 Å². The molecule has 0 bridgehead atoms. The van der Waals surface area contributed by atoms with Gasteiger partial charge in [0.25, 0.3) is 0 Å². The van der Waals surface area contributed by atoms with Crippen LogP contribution >= 0.6 is 0 Å². The Morgan fingerprint density at radius 3 is 2.65 bits per heavy atom. The number of benzene rings is 2. The van der Waals surface area contributed by atoms with Gasteiger partial charge in [0.15, 0.2) is 5.76 Å². The van der Waals surface area contributed by atoms with Gasteiger partial charge in [0.2, 0.25) is 5.78 Å². The summed E-state index contributed by atoms with van der Waals surface area (Å²) >= 11 is 0. The van der Waals surface area contributed by atoms with Gasteiger partial charge >= 0.3 is 0 Å². The zero-order valence-corrected chi connectivity index (χ0v) is 20.0. The van der Waals surface area contributed by atoms with E-state index in [9.17, 15) is 9.90 Å². The van der Waals surface area contributed by atoms with Gasteiger partial charge in [-0.05, 0) is 49.4 Å². The summed E-state index contributed by atoms with van der Waals surface area (Å²) in [6.45, 7) is 8.34. The Kier molecular flexibility index (Phi) is 6.06. The van der Waals surface area contributed by atoms with Crippen molar-refractivity contribution in [1.29, 1.82) is 0 Å². The van der Waals surface area contributed by atoms with Crippen LogP contribution < -0.4 is 9.47 Å². The number of phenolic OH excluding ortho intramolecular Hbond substituents is 1. The summed E-state index contributed by atoms with van der Waals surface area (Å²) in [6.07, 6.45) is 4.80. The minimum Gasteiger partial charge on any atom is -0.508 e.